The number of nitrogens with zero attached hydrogens (tertiary/aromatic N) is 2. The van der Waals surface area contributed by atoms with Crippen LogP contribution in [0.4, 0.5) is 10.1 Å². The minimum absolute atomic E-state index is 0.524. The van der Waals surface area contributed by atoms with Crippen molar-refractivity contribution in [1.82, 2.24) is 0 Å². The zero-order valence-electron chi connectivity index (χ0n) is 9.38. The van der Waals surface area contributed by atoms with Gasteiger partial charge in [0.15, 0.2) is 5.84 Å². The Kier molecular flexibility index (Phi) is 4.15. The summed E-state index contributed by atoms with van der Waals surface area (Å²) in [6.07, 6.45) is 0. The molecule has 0 unspecified atom stereocenters. The van der Waals surface area contributed by atoms with Crippen molar-refractivity contribution in [3.8, 4) is 6.07 Å². The zero-order chi connectivity index (χ0) is 14.6. The number of anilines is 1. The Morgan fingerprint density at radius 3 is 2.63 bits per heavy atom. The van der Waals surface area contributed by atoms with E-state index in [0.717, 1.165) is 18.2 Å². The fraction of sp³-hybridized carbons (Fsp3) is 0. The first-order valence-corrected chi connectivity index (χ1v) is 6.21. The van der Waals surface area contributed by atoms with Crippen molar-refractivity contribution < 1.29 is 12.8 Å². The third kappa shape index (κ3) is 3.47. The number of sulfonamides is 1. The molecule has 0 amide bonds. The van der Waals surface area contributed by atoms with E-state index in [0.29, 0.717) is 0 Å². The number of rotatable bonds is 4. The highest BCUT2D eigenvalue weighted by Gasteiger charge is 2.17. The number of primary sulfonamides is 1. The molecule has 0 radical (unpaired) electrons. The maximum atomic E-state index is 13.5. The van der Waals surface area contributed by atoms with Crippen molar-refractivity contribution in [3.05, 3.63) is 24.0 Å². The molecule has 1 rings (SSSR count). The fourth-order valence-electron chi connectivity index (χ4n) is 1.11. The molecule has 1 aromatic carbocycles. The van der Waals surface area contributed by atoms with Crippen LogP contribution in [0.2, 0.25) is 0 Å². The quantitative estimate of drug-likeness (QED) is 0.339. The van der Waals surface area contributed by atoms with E-state index in [1.807, 2.05) is 5.43 Å². The van der Waals surface area contributed by atoms with E-state index in [1.165, 1.54) is 6.07 Å². The Labute approximate surface area is 108 Å². The Hall–Kier alpha value is -2.51. The molecule has 10 heteroatoms. The molecule has 0 heterocycles. The minimum Gasteiger partial charge on any atom is -0.382 e. The lowest BCUT2D eigenvalue weighted by molar-refractivity contribution is 0.593. The van der Waals surface area contributed by atoms with Crippen molar-refractivity contribution in [1.29, 1.82) is 10.7 Å². The molecule has 0 aliphatic heterocycles. The molecule has 0 aliphatic carbocycles. The number of para-hydroxylation sites is 1. The van der Waals surface area contributed by atoms with E-state index in [-0.39, 0.29) is 0 Å². The van der Waals surface area contributed by atoms with Crippen molar-refractivity contribution in [3.63, 3.8) is 0 Å². The molecule has 0 fully saturated rings. The number of nitrogens with two attached hydrogens (primary N) is 2. The molecule has 8 nitrogen and oxygen atoms in total. The van der Waals surface area contributed by atoms with Gasteiger partial charge >= 0.3 is 0 Å². The van der Waals surface area contributed by atoms with Gasteiger partial charge in [-0.2, -0.15) is 10.4 Å². The number of hydrogen-bond acceptors (Lipinski definition) is 6. The third-order valence-electron chi connectivity index (χ3n) is 1.92. The molecule has 6 N–H and O–H groups in total. The van der Waals surface area contributed by atoms with Crippen LogP contribution in [0, 0.1) is 22.6 Å². The summed E-state index contributed by atoms with van der Waals surface area (Å²) in [5.74, 6) is -1.58. The van der Waals surface area contributed by atoms with Crippen LogP contribution < -0.4 is 16.3 Å². The van der Waals surface area contributed by atoms with Crippen molar-refractivity contribution in [2.45, 2.75) is 4.90 Å². The van der Waals surface area contributed by atoms with Gasteiger partial charge in [-0.1, -0.05) is 6.07 Å². The lowest BCUT2D eigenvalue weighted by Crippen LogP contribution is -2.22. The van der Waals surface area contributed by atoms with Gasteiger partial charge in [0.25, 0.3) is 0 Å². The second-order valence-corrected chi connectivity index (χ2v) is 4.79. The zero-order valence-corrected chi connectivity index (χ0v) is 10.2. The Balaban J connectivity index is 3.30. The average Bonchev–Trinajstić information content (AvgIpc) is 2.29. The van der Waals surface area contributed by atoms with Gasteiger partial charge < -0.3 is 5.73 Å². The van der Waals surface area contributed by atoms with E-state index in [1.54, 1.807) is 0 Å². The van der Waals surface area contributed by atoms with Gasteiger partial charge in [0.2, 0.25) is 15.7 Å². The highest BCUT2D eigenvalue weighted by atomic mass is 32.2. The van der Waals surface area contributed by atoms with Gasteiger partial charge in [-0.25, -0.2) is 17.9 Å². The van der Waals surface area contributed by atoms with Crippen LogP contribution in [0.25, 0.3) is 0 Å². The summed E-state index contributed by atoms with van der Waals surface area (Å²) in [6, 6.07) is 4.68. The first kappa shape index (κ1) is 14.6. The van der Waals surface area contributed by atoms with Crippen LogP contribution in [0.5, 0.6) is 0 Å². The van der Waals surface area contributed by atoms with Gasteiger partial charge in [0.05, 0.1) is 0 Å². The predicted octanol–water partition coefficient (Wildman–Crippen LogP) is -0.299. The molecule has 1 aromatic rings. The molecule has 0 saturated heterocycles. The topological polar surface area (TPSA) is 158 Å². The van der Waals surface area contributed by atoms with Crippen molar-refractivity contribution >= 4 is 27.3 Å². The predicted molar refractivity (Wildman–Crippen MR) is 66.4 cm³/mol. The molecule has 0 bridgehead atoms. The normalized spacial score (nSPS) is 11.7. The Morgan fingerprint density at radius 1 is 1.53 bits per heavy atom. The number of hydrazone groups is 1. The van der Waals surface area contributed by atoms with E-state index >= 15 is 0 Å². The van der Waals surface area contributed by atoms with E-state index in [4.69, 9.17) is 21.5 Å². The molecule has 0 aromatic heterocycles. The minimum atomic E-state index is -4.17. The number of nitriles is 1. The molecule has 0 atom stereocenters. The maximum absolute atomic E-state index is 13.5. The van der Waals surface area contributed by atoms with Gasteiger partial charge in [0.1, 0.15) is 22.5 Å². The SMILES string of the molecule is N#C/C(=N\Nc1c(F)cccc1S(N)(=O)=O)C(=N)N. The molecule has 0 saturated carbocycles. The number of amidine groups is 1. The summed E-state index contributed by atoms with van der Waals surface area (Å²) in [4.78, 5) is -0.530. The van der Waals surface area contributed by atoms with Gasteiger partial charge in [0, 0.05) is 0 Å². The van der Waals surface area contributed by atoms with Crippen LogP contribution >= 0.6 is 0 Å². The van der Waals surface area contributed by atoms with Gasteiger partial charge in [-0.15, -0.1) is 0 Å². The van der Waals surface area contributed by atoms with Crippen LogP contribution in [-0.2, 0) is 10.0 Å². The second-order valence-electron chi connectivity index (χ2n) is 3.26. The monoisotopic (exact) mass is 284 g/mol. The summed E-state index contributed by atoms with van der Waals surface area (Å²) in [5, 5.41) is 23.8. The largest absolute Gasteiger partial charge is 0.382 e. The summed E-state index contributed by atoms with van der Waals surface area (Å²) in [7, 11) is -4.17. The summed E-state index contributed by atoms with van der Waals surface area (Å²) in [5.41, 5.74) is 6.00. The molecule has 0 aliphatic rings. The first-order chi connectivity index (χ1) is 8.77. The molecule has 0 spiro atoms. The van der Waals surface area contributed by atoms with E-state index < -0.39 is 38.0 Å². The maximum Gasteiger partial charge on any atom is 0.240 e. The third-order valence-corrected chi connectivity index (χ3v) is 2.88. The molecular weight excluding hydrogens is 275 g/mol. The van der Waals surface area contributed by atoms with Crippen LogP contribution in [-0.4, -0.2) is 20.0 Å². The lowest BCUT2D eigenvalue weighted by Gasteiger charge is -2.08. The number of nitrogens with one attached hydrogen (secondary N) is 2. The summed E-state index contributed by atoms with van der Waals surface area (Å²) in [6.45, 7) is 0. The lowest BCUT2D eigenvalue weighted by atomic mass is 10.3. The van der Waals surface area contributed by atoms with Crippen LogP contribution in [0.3, 0.4) is 0 Å². The molecule has 100 valence electrons. The van der Waals surface area contributed by atoms with Gasteiger partial charge in [-0.05, 0) is 12.1 Å². The van der Waals surface area contributed by atoms with Crippen LogP contribution in [0.15, 0.2) is 28.2 Å². The van der Waals surface area contributed by atoms with Crippen molar-refractivity contribution in [2.75, 3.05) is 5.43 Å². The van der Waals surface area contributed by atoms with Crippen LogP contribution in [0.1, 0.15) is 0 Å². The number of hydrogen-bond donors (Lipinski definition) is 4. The number of benzene rings is 1. The highest BCUT2D eigenvalue weighted by molar-refractivity contribution is 7.89. The van der Waals surface area contributed by atoms with Crippen molar-refractivity contribution in [2.24, 2.45) is 16.0 Å². The van der Waals surface area contributed by atoms with E-state index in [2.05, 4.69) is 5.10 Å². The van der Waals surface area contributed by atoms with Gasteiger partial charge in [-0.3, -0.25) is 10.8 Å². The number of halogens is 1. The molecule has 19 heavy (non-hydrogen) atoms. The highest BCUT2D eigenvalue weighted by Crippen LogP contribution is 2.23. The second kappa shape index (κ2) is 5.42. The smallest absolute Gasteiger partial charge is 0.240 e. The molecular formula is C9H9FN6O2S. The summed E-state index contributed by atoms with van der Waals surface area (Å²) < 4.78 is 36.0. The standard InChI is InChI=1S/C9H9FN6O2S/c10-5-2-1-3-7(19(14,17)18)8(5)16-15-6(4-11)9(12)13/h1-3,16H,(H3,12,13)(H2,14,17,18)/b15-6+. The first-order valence-electron chi connectivity index (χ1n) is 4.67. The van der Waals surface area contributed by atoms with E-state index in [9.17, 15) is 12.8 Å². The summed E-state index contributed by atoms with van der Waals surface area (Å²) >= 11 is 0. The Bertz CT molecular complexity index is 691. The average molecular weight is 284 g/mol. The fourth-order valence-corrected chi connectivity index (χ4v) is 1.80. The Morgan fingerprint density at radius 2 is 2.16 bits per heavy atom.